The third kappa shape index (κ3) is 6.60. The van der Waals surface area contributed by atoms with E-state index in [0.717, 1.165) is 10.5 Å². The van der Waals surface area contributed by atoms with Crippen LogP contribution in [0.2, 0.25) is 10.0 Å². The van der Waals surface area contributed by atoms with Crippen molar-refractivity contribution in [2.24, 2.45) is 11.8 Å². The van der Waals surface area contributed by atoms with Crippen LogP contribution in [0.3, 0.4) is 0 Å². The van der Waals surface area contributed by atoms with Gasteiger partial charge in [-0.1, -0.05) is 57.0 Å². The maximum atomic E-state index is 13.3. The summed E-state index contributed by atoms with van der Waals surface area (Å²) in [6, 6.07) is 5.35. The summed E-state index contributed by atoms with van der Waals surface area (Å²) in [6.07, 6.45) is 0. The van der Waals surface area contributed by atoms with Crippen LogP contribution in [0, 0.1) is 11.8 Å². The molecule has 8 nitrogen and oxygen atoms in total. The number of amides is 1. The van der Waals surface area contributed by atoms with E-state index in [2.05, 4.69) is 4.98 Å². The maximum Gasteiger partial charge on any atom is 0.330 e. The van der Waals surface area contributed by atoms with Crippen LogP contribution in [0.5, 0.6) is 0 Å². The Hall–Kier alpha value is -2.29. The molecule has 10 heteroatoms. The molecule has 0 aliphatic heterocycles. The monoisotopic (exact) mass is 484 g/mol. The number of halogens is 2. The largest absolute Gasteiger partial charge is 0.383 e. The number of hydrogen-bond donors (Lipinski definition) is 3. The number of nitrogen functional groups attached to an aromatic ring is 1. The number of carbonyl (C=O) groups excluding carboxylic acids is 1. The van der Waals surface area contributed by atoms with Crippen molar-refractivity contribution in [3.05, 3.63) is 54.6 Å². The van der Waals surface area contributed by atoms with Crippen LogP contribution in [0.4, 0.5) is 11.5 Å². The van der Waals surface area contributed by atoms with Gasteiger partial charge in [0.2, 0.25) is 0 Å². The van der Waals surface area contributed by atoms with Gasteiger partial charge in [-0.3, -0.25) is 24.0 Å². The summed E-state index contributed by atoms with van der Waals surface area (Å²) >= 11 is 12.1. The van der Waals surface area contributed by atoms with Gasteiger partial charge >= 0.3 is 5.69 Å². The lowest BCUT2D eigenvalue weighted by Gasteiger charge is -2.27. The Morgan fingerprint density at radius 1 is 1.16 bits per heavy atom. The Balaban J connectivity index is 2.35. The quantitative estimate of drug-likeness (QED) is 0.504. The van der Waals surface area contributed by atoms with Crippen molar-refractivity contribution in [2.45, 2.75) is 40.8 Å². The molecule has 0 saturated carbocycles. The average Bonchev–Trinajstić information content (AvgIpc) is 2.66. The van der Waals surface area contributed by atoms with Gasteiger partial charge in [-0.05, 0) is 24.0 Å². The minimum absolute atomic E-state index is 0.00332. The second-order valence-electron chi connectivity index (χ2n) is 8.95. The smallest absolute Gasteiger partial charge is 0.330 e. The third-order valence-electron chi connectivity index (χ3n) is 4.82. The molecule has 1 amide bonds. The van der Waals surface area contributed by atoms with Crippen molar-refractivity contribution in [3.8, 4) is 0 Å². The molecule has 0 aliphatic carbocycles. The number of nitrogens with zero attached hydrogens (tertiary/aromatic N) is 2. The molecule has 1 aromatic carbocycles. The molecule has 0 radical (unpaired) electrons. The molecule has 0 aliphatic rings. The van der Waals surface area contributed by atoms with E-state index < -0.39 is 11.2 Å². The number of carbonyl (C=O) groups is 1. The summed E-state index contributed by atoms with van der Waals surface area (Å²) < 4.78 is 1.31. The molecule has 2 aromatic rings. The van der Waals surface area contributed by atoms with Gasteiger partial charge in [0.1, 0.15) is 12.4 Å². The second kappa shape index (κ2) is 11.0. The zero-order valence-corrected chi connectivity index (χ0v) is 20.7. The fourth-order valence-electron chi connectivity index (χ4n) is 3.48. The van der Waals surface area contributed by atoms with E-state index in [1.807, 2.05) is 40.8 Å². The highest BCUT2D eigenvalue weighted by molar-refractivity contribution is 6.42. The van der Waals surface area contributed by atoms with Gasteiger partial charge in [0.15, 0.2) is 12.2 Å². The summed E-state index contributed by atoms with van der Waals surface area (Å²) in [5.74, 6) is -0.0461. The highest BCUT2D eigenvalue weighted by Gasteiger charge is 2.27. The zero-order chi connectivity index (χ0) is 24.2. The van der Waals surface area contributed by atoms with E-state index in [1.165, 1.54) is 9.47 Å². The molecule has 1 atom stereocenters. The molecular formula is C22H32Cl2N5O3+. The Labute approximate surface area is 197 Å². The van der Waals surface area contributed by atoms with Crippen molar-refractivity contribution in [3.63, 3.8) is 0 Å². The fraction of sp³-hybridized carbons (Fsp3) is 0.500. The number of hydrogen-bond acceptors (Lipinski definition) is 4. The highest BCUT2D eigenvalue weighted by Crippen LogP contribution is 2.22. The number of aromatic nitrogens is 2. The van der Waals surface area contributed by atoms with E-state index >= 15 is 0 Å². The molecule has 0 bridgehead atoms. The topological polar surface area (TPSA) is 106 Å². The Morgan fingerprint density at radius 2 is 1.81 bits per heavy atom. The molecule has 1 heterocycles. The lowest BCUT2D eigenvalue weighted by atomic mass is 10.2. The summed E-state index contributed by atoms with van der Waals surface area (Å²) in [5.41, 5.74) is 5.96. The van der Waals surface area contributed by atoms with Crippen LogP contribution in [-0.2, 0) is 17.9 Å². The van der Waals surface area contributed by atoms with E-state index in [0.29, 0.717) is 29.7 Å². The third-order valence-corrected chi connectivity index (χ3v) is 5.56. The number of anilines is 2. The number of likely N-dealkylation sites (N-methyl/N-ethyl adjacent to an activating group) is 1. The molecule has 0 spiro atoms. The summed E-state index contributed by atoms with van der Waals surface area (Å²) in [4.78, 5) is 42.9. The lowest BCUT2D eigenvalue weighted by Crippen LogP contribution is -3.09. The summed E-state index contributed by atoms with van der Waals surface area (Å²) in [5, 5.41) is 0.926. The predicted octanol–water partition coefficient (Wildman–Crippen LogP) is 1.79. The zero-order valence-electron chi connectivity index (χ0n) is 19.2. The van der Waals surface area contributed by atoms with Gasteiger partial charge in [0, 0.05) is 18.7 Å². The molecule has 0 saturated heterocycles. The van der Waals surface area contributed by atoms with Crippen LogP contribution in [0.15, 0.2) is 27.8 Å². The second-order valence-corrected chi connectivity index (χ2v) is 9.77. The summed E-state index contributed by atoms with van der Waals surface area (Å²) in [7, 11) is 1.88. The number of aromatic amines is 1. The first-order valence-electron chi connectivity index (χ1n) is 10.6. The molecule has 2 rings (SSSR count). The van der Waals surface area contributed by atoms with Crippen LogP contribution < -0.4 is 26.8 Å². The van der Waals surface area contributed by atoms with Gasteiger partial charge in [0.05, 0.1) is 17.1 Å². The molecule has 176 valence electrons. The Bertz CT molecular complexity index is 1080. The molecule has 32 heavy (non-hydrogen) atoms. The van der Waals surface area contributed by atoms with Crippen molar-refractivity contribution < 1.29 is 9.69 Å². The number of quaternary nitrogens is 1. The first-order chi connectivity index (χ1) is 14.9. The van der Waals surface area contributed by atoms with Gasteiger partial charge in [-0.25, -0.2) is 4.79 Å². The molecule has 4 N–H and O–H groups in total. The van der Waals surface area contributed by atoms with Crippen molar-refractivity contribution in [1.82, 2.24) is 9.55 Å². The molecule has 1 unspecified atom stereocenters. The predicted molar refractivity (Wildman–Crippen MR) is 130 cm³/mol. The highest BCUT2D eigenvalue weighted by atomic mass is 35.5. The van der Waals surface area contributed by atoms with Crippen molar-refractivity contribution in [2.75, 3.05) is 30.8 Å². The van der Waals surface area contributed by atoms with Gasteiger partial charge in [-0.2, -0.15) is 0 Å². The lowest BCUT2D eigenvalue weighted by molar-refractivity contribution is -0.885. The van der Waals surface area contributed by atoms with E-state index in [4.69, 9.17) is 28.9 Å². The van der Waals surface area contributed by atoms with Crippen molar-refractivity contribution in [1.29, 1.82) is 0 Å². The number of rotatable bonds is 9. The van der Waals surface area contributed by atoms with Gasteiger partial charge in [-0.15, -0.1) is 0 Å². The number of H-pyrrole nitrogens is 1. The SMILES string of the molecule is CC(C)CN(C(=O)C[NH+](C)Cc1ccc(Cl)c(Cl)c1)c1c(N)n(CC(C)C)c(=O)[nH]c1=O. The normalized spacial score (nSPS) is 12.4. The Morgan fingerprint density at radius 3 is 2.38 bits per heavy atom. The van der Waals surface area contributed by atoms with Crippen LogP contribution >= 0.6 is 23.2 Å². The molecule has 0 fully saturated rings. The minimum Gasteiger partial charge on any atom is -0.383 e. The van der Waals surface area contributed by atoms with Crippen molar-refractivity contribution >= 4 is 40.6 Å². The van der Waals surface area contributed by atoms with E-state index in [-0.39, 0.29) is 35.8 Å². The summed E-state index contributed by atoms with van der Waals surface area (Å²) in [6.45, 7) is 9.06. The van der Waals surface area contributed by atoms with E-state index in [1.54, 1.807) is 12.1 Å². The first kappa shape index (κ1) is 26.0. The number of nitrogens with two attached hydrogens (primary N) is 1. The van der Waals surface area contributed by atoms with Crippen LogP contribution in [0.25, 0.3) is 0 Å². The van der Waals surface area contributed by atoms with Crippen LogP contribution in [0.1, 0.15) is 33.3 Å². The van der Waals surface area contributed by atoms with E-state index in [9.17, 15) is 14.4 Å². The Kier molecular flexibility index (Phi) is 8.95. The van der Waals surface area contributed by atoms with Gasteiger partial charge < -0.3 is 10.6 Å². The average molecular weight is 485 g/mol. The maximum absolute atomic E-state index is 13.3. The molecule has 1 aromatic heterocycles. The minimum atomic E-state index is -0.663. The standard InChI is InChI=1S/C22H31Cl2N5O3/c1-13(2)9-28(19-20(25)29(10-14(3)4)22(32)26-21(19)31)18(30)12-27(5)11-15-6-7-16(23)17(24)8-15/h6-8,13-14H,9-12,25H2,1-5H3,(H,26,31,32)/p+1. The number of nitrogens with one attached hydrogen (secondary N) is 2. The fourth-order valence-corrected chi connectivity index (χ4v) is 3.80. The van der Waals surface area contributed by atoms with Crippen LogP contribution in [-0.4, -0.2) is 35.6 Å². The first-order valence-corrected chi connectivity index (χ1v) is 11.3. The number of benzene rings is 1. The molecular weight excluding hydrogens is 453 g/mol. The van der Waals surface area contributed by atoms with Gasteiger partial charge in [0.25, 0.3) is 11.5 Å².